The van der Waals surface area contributed by atoms with Gasteiger partial charge in [-0.2, -0.15) is 5.09 Å². The summed E-state index contributed by atoms with van der Waals surface area (Å²) in [5.41, 5.74) is -0.146. The summed E-state index contributed by atoms with van der Waals surface area (Å²) < 4.78 is 28.5. The number of methoxy groups -OCH3 is 1. The van der Waals surface area contributed by atoms with E-state index in [1.807, 2.05) is 0 Å². The van der Waals surface area contributed by atoms with Crippen LogP contribution in [0.15, 0.2) is 54.6 Å². The molecule has 10 heteroatoms. The summed E-state index contributed by atoms with van der Waals surface area (Å²) in [4.78, 5) is 21.8. The molecule has 0 saturated carbocycles. The molecule has 1 N–H and O–H groups in total. The summed E-state index contributed by atoms with van der Waals surface area (Å²) in [5, 5.41) is 13.2. The zero-order valence-corrected chi connectivity index (χ0v) is 14.9. The number of hydrogen-bond acceptors (Lipinski definition) is 7. The van der Waals surface area contributed by atoms with Crippen molar-refractivity contribution in [2.24, 2.45) is 0 Å². The molecule has 0 aliphatic rings. The molecule has 0 aliphatic heterocycles. The number of nitrogens with zero attached hydrogens (tertiary/aromatic N) is 1. The largest absolute Gasteiger partial charge is 0.513 e. The molecule has 0 aromatic heterocycles. The number of benzene rings is 2. The maximum Gasteiger partial charge on any atom is 0.513 e. The first-order valence-corrected chi connectivity index (χ1v) is 9.01. The Labute approximate surface area is 149 Å². The Morgan fingerprint density at radius 1 is 1.08 bits per heavy atom. The Morgan fingerprint density at radius 2 is 1.62 bits per heavy atom. The number of nitro groups is 1. The third kappa shape index (κ3) is 5.30. The zero-order valence-electron chi connectivity index (χ0n) is 14.0. The molecule has 0 saturated heterocycles. The van der Waals surface area contributed by atoms with Crippen molar-refractivity contribution in [1.29, 1.82) is 0 Å². The smallest absolute Gasteiger partial charge is 0.468 e. The predicted octanol–water partition coefficient (Wildman–Crippen LogP) is 3.31. The van der Waals surface area contributed by atoms with Gasteiger partial charge in [-0.15, -0.1) is 0 Å². The number of esters is 1. The van der Waals surface area contributed by atoms with E-state index in [2.05, 4.69) is 9.82 Å². The molecule has 0 fully saturated rings. The van der Waals surface area contributed by atoms with E-state index in [1.165, 1.54) is 38.3 Å². The summed E-state index contributed by atoms with van der Waals surface area (Å²) >= 11 is 0. The van der Waals surface area contributed by atoms with Crippen LogP contribution < -0.4 is 14.1 Å². The number of rotatable bonds is 8. The summed E-state index contributed by atoms with van der Waals surface area (Å²) in [6.07, 6.45) is 0. The minimum atomic E-state index is -4.05. The van der Waals surface area contributed by atoms with Gasteiger partial charge < -0.3 is 13.8 Å². The van der Waals surface area contributed by atoms with Crippen LogP contribution in [-0.4, -0.2) is 24.0 Å². The monoisotopic (exact) mass is 380 g/mol. The maximum atomic E-state index is 13.1. The first-order valence-electron chi connectivity index (χ1n) is 7.47. The van der Waals surface area contributed by atoms with Crippen molar-refractivity contribution >= 4 is 19.4 Å². The van der Waals surface area contributed by atoms with Crippen LogP contribution in [0.5, 0.6) is 11.5 Å². The van der Waals surface area contributed by atoms with E-state index in [1.54, 1.807) is 30.3 Å². The van der Waals surface area contributed by atoms with Crippen LogP contribution >= 0.6 is 7.75 Å². The zero-order chi connectivity index (χ0) is 19.2. The Bertz CT molecular complexity index is 811. The Hall–Kier alpha value is -2.90. The van der Waals surface area contributed by atoms with Gasteiger partial charge in [-0.05, 0) is 31.2 Å². The van der Waals surface area contributed by atoms with E-state index in [4.69, 9.17) is 9.05 Å². The average molecular weight is 380 g/mol. The molecule has 0 aliphatic carbocycles. The summed E-state index contributed by atoms with van der Waals surface area (Å²) in [6, 6.07) is 12.2. The lowest BCUT2D eigenvalue weighted by Crippen LogP contribution is -2.35. The Balaban J connectivity index is 2.25. The first kappa shape index (κ1) is 19.4. The molecule has 2 aromatic carbocycles. The highest BCUT2D eigenvalue weighted by atomic mass is 31.2. The van der Waals surface area contributed by atoms with E-state index >= 15 is 0 Å². The summed E-state index contributed by atoms with van der Waals surface area (Å²) in [6.45, 7) is 1.44. The summed E-state index contributed by atoms with van der Waals surface area (Å²) in [7, 11) is -2.85. The molecule has 0 radical (unpaired) electrons. The van der Waals surface area contributed by atoms with Crippen LogP contribution in [0.3, 0.4) is 0 Å². The summed E-state index contributed by atoms with van der Waals surface area (Å²) in [5.74, 6) is -0.337. The van der Waals surface area contributed by atoms with Gasteiger partial charge >= 0.3 is 13.7 Å². The quantitative estimate of drug-likeness (QED) is 0.321. The second-order valence-electron chi connectivity index (χ2n) is 5.12. The normalized spacial score (nSPS) is 13.9. The highest BCUT2D eigenvalue weighted by Gasteiger charge is 2.33. The second-order valence-corrected chi connectivity index (χ2v) is 6.74. The number of nitrogens with one attached hydrogen (secondary N) is 1. The van der Waals surface area contributed by atoms with E-state index in [0.717, 1.165) is 0 Å². The molecule has 2 aromatic rings. The van der Waals surface area contributed by atoms with Crippen LogP contribution in [0.4, 0.5) is 5.69 Å². The second kappa shape index (κ2) is 8.46. The first-order chi connectivity index (χ1) is 12.3. The lowest BCUT2D eigenvalue weighted by molar-refractivity contribution is -0.384. The number of ether oxygens (including phenoxy) is 1. The molecule has 138 valence electrons. The molecule has 0 bridgehead atoms. The maximum absolute atomic E-state index is 13.1. The van der Waals surface area contributed by atoms with Crippen molar-refractivity contribution < 1.29 is 28.1 Å². The highest BCUT2D eigenvalue weighted by Crippen LogP contribution is 2.45. The van der Waals surface area contributed by atoms with Crippen molar-refractivity contribution in [2.45, 2.75) is 13.0 Å². The third-order valence-corrected chi connectivity index (χ3v) is 4.75. The van der Waals surface area contributed by atoms with Gasteiger partial charge in [0.15, 0.2) is 0 Å². The minimum Gasteiger partial charge on any atom is -0.468 e. The number of hydrogen-bond donors (Lipinski definition) is 1. The van der Waals surface area contributed by atoms with Gasteiger partial charge in [-0.3, -0.25) is 14.9 Å². The Morgan fingerprint density at radius 3 is 2.12 bits per heavy atom. The van der Waals surface area contributed by atoms with Crippen LogP contribution in [-0.2, 0) is 14.1 Å². The SMILES string of the molecule is COC(=O)[C@H](C)NP(=O)(Oc1ccccc1)Oc1ccc([N+](=O)[O-])cc1. The van der Waals surface area contributed by atoms with Crippen molar-refractivity contribution in [3.63, 3.8) is 0 Å². The van der Waals surface area contributed by atoms with E-state index < -0.39 is 24.7 Å². The fourth-order valence-corrected chi connectivity index (χ4v) is 3.45. The fourth-order valence-electron chi connectivity index (χ4n) is 1.93. The standard InChI is InChI=1S/C16H17N2O7P/c1-12(16(19)23-2)17-26(22,24-14-6-4-3-5-7-14)25-15-10-8-13(9-11-15)18(20)21/h3-12H,1-2H3,(H,17,22)/t12-,26?/m0/s1. The van der Waals surface area contributed by atoms with Crippen LogP contribution in [0.1, 0.15) is 6.92 Å². The number of carbonyl (C=O) groups excluding carboxylic acids is 1. The lowest BCUT2D eigenvalue weighted by atomic mass is 10.3. The van der Waals surface area contributed by atoms with Gasteiger partial charge in [0.05, 0.1) is 12.0 Å². The number of nitro benzene ring substituents is 1. The van der Waals surface area contributed by atoms with Gasteiger partial charge in [0.1, 0.15) is 17.5 Å². The van der Waals surface area contributed by atoms with Crippen molar-refractivity contribution in [2.75, 3.05) is 7.11 Å². The van der Waals surface area contributed by atoms with E-state index in [9.17, 15) is 19.5 Å². The van der Waals surface area contributed by atoms with Crippen molar-refractivity contribution in [3.8, 4) is 11.5 Å². The average Bonchev–Trinajstić information content (AvgIpc) is 2.61. The third-order valence-electron chi connectivity index (χ3n) is 3.15. The number of para-hydroxylation sites is 1. The molecular formula is C16H17N2O7P. The van der Waals surface area contributed by atoms with Crippen LogP contribution in [0.2, 0.25) is 0 Å². The molecule has 1 unspecified atom stereocenters. The van der Waals surface area contributed by atoms with Gasteiger partial charge in [-0.1, -0.05) is 18.2 Å². The molecule has 9 nitrogen and oxygen atoms in total. The minimum absolute atomic E-state index is 0.0689. The Kier molecular flexibility index (Phi) is 6.32. The van der Waals surface area contributed by atoms with Crippen molar-refractivity contribution in [1.82, 2.24) is 5.09 Å². The molecule has 2 atom stereocenters. The molecule has 26 heavy (non-hydrogen) atoms. The number of non-ortho nitro benzene ring substituents is 1. The van der Waals surface area contributed by atoms with Crippen LogP contribution in [0.25, 0.3) is 0 Å². The van der Waals surface area contributed by atoms with E-state index in [-0.39, 0.29) is 17.2 Å². The predicted molar refractivity (Wildman–Crippen MR) is 93.0 cm³/mol. The fraction of sp³-hybridized carbons (Fsp3) is 0.188. The lowest BCUT2D eigenvalue weighted by Gasteiger charge is -2.22. The highest BCUT2D eigenvalue weighted by molar-refractivity contribution is 7.52. The van der Waals surface area contributed by atoms with Gasteiger partial charge in [0.25, 0.3) is 5.69 Å². The van der Waals surface area contributed by atoms with Crippen LogP contribution in [0, 0.1) is 10.1 Å². The van der Waals surface area contributed by atoms with Gasteiger partial charge in [0.2, 0.25) is 0 Å². The molecule has 0 amide bonds. The molecule has 0 spiro atoms. The molecular weight excluding hydrogens is 363 g/mol. The van der Waals surface area contributed by atoms with Gasteiger partial charge in [-0.25, -0.2) is 4.57 Å². The number of carbonyl (C=O) groups is 1. The topological polar surface area (TPSA) is 117 Å². The molecule has 2 rings (SSSR count). The van der Waals surface area contributed by atoms with E-state index in [0.29, 0.717) is 0 Å². The molecule has 0 heterocycles. The van der Waals surface area contributed by atoms with Gasteiger partial charge in [0, 0.05) is 12.1 Å². The van der Waals surface area contributed by atoms with Crippen molar-refractivity contribution in [3.05, 3.63) is 64.7 Å².